The van der Waals surface area contributed by atoms with Gasteiger partial charge in [-0.15, -0.1) is 0 Å². The first-order valence-corrected chi connectivity index (χ1v) is 5.51. The van der Waals surface area contributed by atoms with Crippen molar-refractivity contribution in [2.45, 2.75) is 0 Å². The Kier molecular flexibility index (Phi) is 3.78. The number of nitrogens with one attached hydrogen (secondary N) is 1. The molecule has 0 atom stereocenters. The van der Waals surface area contributed by atoms with E-state index in [1.54, 1.807) is 18.2 Å². The van der Waals surface area contributed by atoms with Gasteiger partial charge in [-0.25, -0.2) is 4.79 Å². The number of amides is 1. The molecular formula is C14H11NO4. The van der Waals surface area contributed by atoms with E-state index in [0.717, 1.165) is 0 Å². The van der Waals surface area contributed by atoms with Gasteiger partial charge in [-0.2, -0.15) is 0 Å². The van der Waals surface area contributed by atoms with Crippen LogP contribution in [-0.4, -0.2) is 17.0 Å². The number of benzene rings is 1. The minimum atomic E-state index is -1.00. The summed E-state index contributed by atoms with van der Waals surface area (Å²) in [5.41, 5.74) is 0.697. The van der Waals surface area contributed by atoms with E-state index in [0.29, 0.717) is 11.4 Å². The third-order valence-corrected chi connectivity index (χ3v) is 2.34. The number of aromatic carboxylic acids is 1. The molecule has 5 heteroatoms. The molecule has 0 spiro atoms. The van der Waals surface area contributed by atoms with Gasteiger partial charge in [0, 0.05) is 11.8 Å². The second-order valence-electron chi connectivity index (χ2n) is 3.72. The SMILES string of the molecule is O=C(/C=C/c1ccco1)Nc1ccc(C(=O)O)cc1. The summed E-state index contributed by atoms with van der Waals surface area (Å²) in [6, 6.07) is 9.36. The Balaban J connectivity index is 1.97. The predicted molar refractivity (Wildman–Crippen MR) is 69.8 cm³/mol. The average Bonchev–Trinajstić information content (AvgIpc) is 2.90. The highest BCUT2D eigenvalue weighted by molar-refractivity contribution is 6.02. The van der Waals surface area contributed by atoms with Crippen molar-refractivity contribution in [1.29, 1.82) is 0 Å². The smallest absolute Gasteiger partial charge is 0.335 e. The van der Waals surface area contributed by atoms with Gasteiger partial charge >= 0.3 is 5.97 Å². The summed E-state index contributed by atoms with van der Waals surface area (Å²) in [5, 5.41) is 11.3. The topological polar surface area (TPSA) is 79.5 Å². The third kappa shape index (κ3) is 3.57. The minimum absolute atomic E-state index is 0.170. The summed E-state index contributed by atoms with van der Waals surface area (Å²) in [7, 11) is 0. The number of hydrogen-bond acceptors (Lipinski definition) is 3. The number of carboxylic acid groups (broad SMARTS) is 1. The fourth-order valence-electron chi connectivity index (χ4n) is 1.42. The normalized spacial score (nSPS) is 10.5. The van der Waals surface area contributed by atoms with Crippen molar-refractivity contribution in [1.82, 2.24) is 0 Å². The van der Waals surface area contributed by atoms with Crippen molar-refractivity contribution in [2.75, 3.05) is 5.32 Å². The molecule has 0 aliphatic heterocycles. The molecule has 19 heavy (non-hydrogen) atoms. The van der Waals surface area contributed by atoms with Crippen LogP contribution in [0.3, 0.4) is 0 Å². The van der Waals surface area contributed by atoms with E-state index in [9.17, 15) is 9.59 Å². The van der Waals surface area contributed by atoms with Gasteiger partial charge in [-0.3, -0.25) is 4.79 Å². The number of anilines is 1. The van der Waals surface area contributed by atoms with Crippen molar-refractivity contribution in [3.8, 4) is 0 Å². The molecule has 2 rings (SSSR count). The van der Waals surface area contributed by atoms with Gasteiger partial charge < -0.3 is 14.8 Å². The van der Waals surface area contributed by atoms with Crippen molar-refractivity contribution in [3.63, 3.8) is 0 Å². The molecule has 1 amide bonds. The van der Waals surface area contributed by atoms with E-state index in [2.05, 4.69) is 5.32 Å². The van der Waals surface area contributed by atoms with Gasteiger partial charge in [0.15, 0.2) is 0 Å². The molecule has 0 radical (unpaired) electrons. The van der Waals surface area contributed by atoms with E-state index in [1.807, 2.05) is 0 Å². The van der Waals surface area contributed by atoms with Gasteiger partial charge in [-0.1, -0.05) is 0 Å². The summed E-state index contributed by atoms with van der Waals surface area (Å²) < 4.78 is 5.04. The van der Waals surface area contributed by atoms with E-state index in [4.69, 9.17) is 9.52 Å². The molecule has 0 saturated heterocycles. The fraction of sp³-hybridized carbons (Fsp3) is 0. The Morgan fingerprint density at radius 1 is 1.16 bits per heavy atom. The Labute approximate surface area is 109 Å². The van der Waals surface area contributed by atoms with Gasteiger partial charge in [-0.05, 0) is 42.5 Å². The molecule has 0 saturated carbocycles. The summed E-state index contributed by atoms with van der Waals surface area (Å²) >= 11 is 0. The fourth-order valence-corrected chi connectivity index (χ4v) is 1.42. The van der Waals surface area contributed by atoms with Crippen LogP contribution in [0.5, 0.6) is 0 Å². The van der Waals surface area contributed by atoms with Crippen LogP contribution in [0.2, 0.25) is 0 Å². The number of hydrogen-bond donors (Lipinski definition) is 2. The zero-order valence-electron chi connectivity index (χ0n) is 9.87. The van der Waals surface area contributed by atoms with E-state index in [1.165, 1.54) is 36.6 Å². The zero-order chi connectivity index (χ0) is 13.7. The number of carbonyl (C=O) groups is 2. The second kappa shape index (κ2) is 5.68. The van der Waals surface area contributed by atoms with Gasteiger partial charge in [0.05, 0.1) is 11.8 Å². The lowest BCUT2D eigenvalue weighted by molar-refractivity contribution is -0.111. The van der Waals surface area contributed by atoms with Crippen LogP contribution in [0.1, 0.15) is 16.1 Å². The standard InChI is InChI=1S/C14H11NO4/c16-13(8-7-12-2-1-9-19-12)15-11-5-3-10(4-6-11)14(17)18/h1-9H,(H,15,16)(H,17,18)/b8-7+. The maximum Gasteiger partial charge on any atom is 0.335 e. The Morgan fingerprint density at radius 2 is 1.89 bits per heavy atom. The van der Waals surface area contributed by atoms with Crippen LogP contribution < -0.4 is 5.32 Å². The number of carboxylic acids is 1. The lowest BCUT2D eigenvalue weighted by Crippen LogP contribution is -2.07. The molecule has 2 aromatic rings. The van der Waals surface area contributed by atoms with Crippen molar-refractivity contribution in [3.05, 3.63) is 60.1 Å². The molecule has 1 heterocycles. The summed E-state index contributed by atoms with van der Waals surface area (Å²) in [6.45, 7) is 0. The molecule has 2 N–H and O–H groups in total. The quantitative estimate of drug-likeness (QED) is 0.825. The van der Waals surface area contributed by atoms with Crippen LogP contribution in [-0.2, 0) is 4.79 Å². The summed E-state index contributed by atoms with van der Waals surface area (Å²) in [4.78, 5) is 22.2. The monoisotopic (exact) mass is 257 g/mol. The minimum Gasteiger partial charge on any atom is -0.478 e. The maximum absolute atomic E-state index is 11.6. The zero-order valence-corrected chi connectivity index (χ0v) is 9.87. The molecule has 0 fully saturated rings. The Hall–Kier alpha value is -2.82. The molecule has 0 aliphatic carbocycles. The van der Waals surface area contributed by atoms with Crippen LogP contribution in [0.4, 0.5) is 5.69 Å². The predicted octanol–water partition coefficient (Wildman–Crippen LogP) is 2.63. The molecule has 5 nitrogen and oxygen atoms in total. The number of rotatable bonds is 4. The first kappa shape index (κ1) is 12.6. The first-order chi connectivity index (χ1) is 9.15. The number of furan rings is 1. The largest absolute Gasteiger partial charge is 0.478 e. The van der Waals surface area contributed by atoms with Crippen LogP contribution in [0.15, 0.2) is 53.2 Å². The molecule has 0 aliphatic rings. The van der Waals surface area contributed by atoms with Gasteiger partial charge in [0.2, 0.25) is 5.91 Å². The highest BCUT2D eigenvalue weighted by atomic mass is 16.4. The molecular weight excluding hydrogens is 246 g/mol. The Morgan fingerprint density at radius 3 is 2.47 bits per heavy atom. The molecule has 0 bridgehead atoms. The highest BCUT2D eigenvalue weighted by Gasteiger charge is 2.03. The van der Waals surface area contributed by atoms with Crippen molar-refractivity contribution in [2.24, 2.45) is 0 Å². The lowest BCUT2D eigenvalue weighted by Gasteiger charge is -2.02. The van der Waals surface area contributed by atoms with Gasteiger partial charge in [0.1, 0.15) is 5.76 Å². The third-order valence-electron chi connectivity index (χ3n) is 2.34. The highest BCUT2D eigenvalue weighted by Crippen LogP contribution is 2.10. The van der Waals surface area contributed by atoms with E-state index >= 15 is 0 Å². The maximum atomic E-state index is 11.6. The summed E-state index contributed by atoms with van der Waals surface area (Å²) in [5.74, 6) is -0.744. The van der Waals surface area contributed by atoms with E-state index < -0.39 is 5.97 Å². The molecule has 0 unspecified atom stereocenters. The second-order valence-corrected chi connectivity index (χ2v) is 3.72. The Bertz CT molecular complexity index is 597. The number of carbonyl (C=O) groups excluding carboxylic acids is 1. The molecule has 96 valence electrons. The van der Waals surface area contributed by atoms with Crippen LogP contribution in [0.25, 0.3) is 6.08 Å². The molecule has 1 aromatic heterocycles. The van der Waals surface area contributed by atoms with Gasteiger partial charge in [0.25, 0.3) is 0 Å². The average molecular weight is 257 g/mol. The van der Waals surface area contributed by atoms with E-state index in [-0.39, 0.29) is 11.5 Å². The lowest BCUT2D eigenvalue weighted by atomic mass is 10.2. The van der Waals surface area contributed by atoms with Crippen molar-refractivity contribution >= 4 is 23.6 Å². The molecule has 1 aromatic carbocycles. The first-order valence-electron chi connectivity index (χ1n) is 5.51. The van der Waals surface area contributed by atoms with Crippen LogP contribution >= 0.6 is 0 Å². The summed E-state index contributed by atoms with van der Waals surface area (Å²) in [6.07, 6.45) is 4.40. The van der Waals surface area contributed by atoms with Crippen molar-refractivity contribution < 1.29 is 19.1 Å². The van der Waals surface area contributed by atoms with Crippen LogP contribution in [0, 0.1) is 0 Å².